The fourth-order valence-electron chi connectivity index (χ4n) is 3.15. The second kappa shape index (κ2) is 11.5. The highest BCUT2D eigenvalue weighted by atomic mass is 19.3. The predicted octanol–water partition coefficient (Wildman–Crippen LogP) is 7.53. The molecule has 3 nitrogen and oxygen atoms in total. The third-order valence-electron chi connectivity index (χ3n) is 4.99. The zero-order valence-corrected chi connectivity index (χ0v) is 18.7. The Morgan fingerprint density at radius 2 is 1.22 bits per heavy atom. The van der Waals surface area contributed by atoms with Crippen LogP contribution in [0.5, 0.6) is 17.2 Å². The quantitative estimate of drug-likeness (QED) is 0.273. The average molecular weight is 441 g/mol. The molecule has 0 bridgehead atoms. The van der Waals surface area contributed by atoms with E-state index in [0.29, 0.717) is 19.0 Å². The van der Waals surface area contributed by atoms with Gasteiger partial charge in [0.2, 0.25) is 0 Å². The second-order valence-corrected chi connectivity index (χ2v) is 7.67. The second-order valence-electron chi connectivity index (χ2n) is 7.67. The molecule has 0 amide bonds. The van der Waals surface area contributed by atoms with Gasteiger partial charge in [-0.1, -0.05) is 51.0 Å². The number of ether oxygens (including phenoxy) is 3. The van der Waals surface area contributed by atoms with Gasteiger partial charge in [0, 0.05) is 0 Å². The molecule has 3 rings (SSSR count). The van der Waals surface area contributed by atoms with E-state index in [1.807, 2.05) is 36.4 Å². The average Bonchev–Trinajstić information content (AvgIpc) is 2.80. The summed E-state index contributed by atoms with van der Waals surface area (Å²) in [5.74, 6) is 1.47. The molecule has 0 spiro atoms. The van der Waals surface area contributed by atoms with E-state index >= 15 is 0 Å². The predicted molar refractivity (Wildman–Crippen MR) is 123 cm³/mol. The summed E-state index contributed by atoms with van der Waals surface area (Å²) < 4.78 is 45.4. The summed E-state index contributed by atoms with van der Waals surface area (Å²) in [5.41, 5.74) is 1.84. The number of aryl methyl sites for hydroxylation is 1. The third kappa shape index (κ3) is 6.98. The maximum atomic E-state index is 14.5. The fourth-order valence-corrected chi connectivity index (χ4v) is 3.15. The van der Waals surface area contributed by atoms with Crippen LogP contribution in [0, 0.1) is 0 Å². The van der Waals surface area contributed by atoms with Gasteiger partial charge in [0.25, 0.3) is 0 Å². The lowest BCUT2D eigenvalue weighted by atomic mass is 10.1. The van der Waals surface area contributed by atoms with Crippen LogP contribution in [0.3, 0.4) is 0 Å². The van der Waals surface area contributed by atoms with Crippen molar-refractivity contribution in [3.8, 4) is 17.2 Å². The number of alkyl halides is 2. The molecule has 0 N–H and O–H groups in total. The molecule has 5 heteroatoms. The minimum atomic E-state index is -3.43. The number of unbranched alkanes of at least 4 members (excludes halogenated alkanes) is 1. The van der Waals surface area contributed by atoms with E-state index in [1.54, 1.807) is 12.1 Å². The topological polar surface area (TPSA) is 27.7 Å². The maximum Gasteiger partial charge on any atom is 0.426 e. The number of hydrogen-bond donors (Lipinski definition) is 0. The minimum absolute atomic E-state index is 0.136. The molecule has 0 aromatic heterocycles. The van der Waals surface area contributed by atoms with E-state index in [9.17, 15) is 8.78 Å². The first-order valence-corrected chi connectivity index (χ1v) is 11.1. The van der Waals surface area contributed by atoms with Crippen molar-refractivity contribution >= 4 is 0 Å². The SMILES string of the molecule is CCCCOc1ccc(COc2ccc(C(F)(F)Oc3ccc(CCC)cc3)cc2)cc1. The van der Waals surface area contributed by atoms with Crippen LogP contribution in [0.15, 0.2) is 72.8 Å². The molecule has 0 aliphatic carbocycles. The Morgan fingerprint density at radius 1 is 0.656 bits per heavy atom. The third-order valence-corrected chi connectivity index (χ3v) is 4.99. The molecule has 0 aliphatic heterocycles. The molecule has 0 aliphatic rings. The van der Waals surface area contributed by atoms with Crippen LogP contribution in [-0.4, -0.2) is 6.61 Å². The van der Waals surface area contributed by atoms with Gasteiger partial charge in [-0.3, -0.25) is 0 Å². The van der Waals surface area contributed by atoms with Crippen LogP contribution < -0.4 is 14.2 Å². The van der Waals surface area contributed by atoms with Crippen molar-refractivity contribution in [3.05, 3.63) is 89.5 Å². The molecule has 170 valence electrons. The minimum Gasteiger partial charge on any atom is -0.494 e. The summed E-state index contributed by atoms with van der Waals surface area (Å²) >= 11 is 0. The molecule has 0 fully saturated rings. The van der Waals surface area contributed by atoms with Gasteiger partial charge in [-0.05, 0) is 72.5 Å². The molecule has 0 saturated heterocycles. The summed E-state index contributed by atoms with van der Waals surface area (Å²) in [5, 5.41) is 0. The highest BCUT2D eigenvalue weighted by molar-refractivity contribution is 5.32. The maximum absolute atomic E-state index is 14.5. The lowest BCUT2D eigenvalue weighted by Gasteiger charge is -2.19. The molecule has 0 atom stereocenters. The lowest BCUT2D eigenvalue weighted by Crippen LogP contribution is -2.21. The molecular weight excluding hydrogens is 410 g/mol. The summed E-state index contributed by atoms with van der Waals surface area (Å²) in [4.78, 5) is 0. The molecule has 32 heavy (non-hydrogen) atoms. The summed E-state index contributed by atoms with van der Waals surface area (Å²) in [6.45, 7) is 5.24. The fraction of sp³-hybridized carbons (Fsp3) is 0.333. The van der Waals surface area contributed by atoms with Crippen molar-refractivity contribution in [2.45, 2.75) is 52.2 Å². The van der Waals surface area contributed by atoms with Crippen LogP contribution in [0.4, 0.5) is 8.78 Å². The first-order chi connectivity index (χ1) is 15.5. The van der Waals surface area contributed by atoms with E-state index in [2.05, 4.69) is 13.8 Å². The lowest BCUT2D eigenvalue weighted by molar-refractivity contribution is -0.185. The molecule has 3 aromatic rings. The van der Waals surface area contributed by atoms with Gasteiger partial charge in [0.05, 0.1) is 12.2 Å². The highest BCUT2D eigenvalue weighted by Crippen LogP contribution is 2.32. The van der Waals surface area contributed by atoms with Gasteiger partial charge in [0.15, 0.2) is 0 Å². The van der Waals surface area contributed by atoms with Gasteiger partial charge < -0.3 is 14.2 Å². The van der Waals surface area contributed by atoms with Crippen molar-refractivity contribution in [2.75, 3.05) is 6.61 Å². The monoisotopic (exact) mass is 440 g/mol. The van der Waals surface area contributed by atoms with Crippen LogP contribution >= 0.6 is 0 Å². The van der Waals surface area contributed by atoms with Gasteiger partial charge in [-0.25, -0.2) is 0 Å². The molecule has 0 heterocycles. The first-order valence-electron chi connectivity index (χ1n) is 11.1. The molecule has 0 saturated carbocycles. The first kappa shape index (κ1) is 23.6. The Bertz CT molecular complexity index is 936. The Hall–Kier alpha value is -3.08. The molecule has 3 aromatic carbocycles. The number of benzene rings is 3. The Morgan fingerprint density at radius 3 is 1.84 bits per heavy atom. The van der Waals surface area contributed by atoms with Crippen molar-refractivity contribution in [1.29, 1.82) is 0 Å². The van der Waals surface area contributed by atoms with E-state index in [4.69, 9.17) is 14.2 Å². The van der Waals surface area contributed by atoms with Crippen molar-refractivity contribution < 1.29 is 23.0 Å². The van der Waals surface area contributed by atoms with Crippen LogP contribution in [0.2, 0.25) is 0 Å². The van der Waals surface area contributed by atoms with Gasteiger partial charge in [-0.15, -0.1) is 0 Å². The highest BCUT2D eigenvalue weighted by Gasteiger charge is 2.34. The largest absolute Gasteiger partial charge is 0.494 e. The van der Waals surface area contributed by atoms with Gasteiger partial charge >= 0.3 is 6.11 Å². The van der Waals surface area contributed by atoms with Crippen LogP contribution in [0.1, 0.15) is 49.8 Å². The Balaban J connectivity index is 1.53. The summed E-state index contributed by atoms with van der Waals surface area (Å²) in [6, 6.07) is 20.2. The summed E-state index contributed by atoms with van der Waals surface area (Å²) in [6.07, 6.45) is 0.599. The Kier molecular flexibility index (Phi) is 8.48. The molecule has 0 radical (unpaired) electrons. The van der Waals surface area contributed by atoms with Gasteiger partial charge in [0.1, 0.15) is 23.9 Å². The molecular formula is C27H30F2O3. The number of halogens is 2. The number of rotatable bonds is 12. The van der Waals surface area contributed by atoms with E-state index < -0.39 is 6.11 Å². The number of hydrogen-bond acceptors (Lipinski definition) is 3. The van der Waals surface area contributed by atoms with E-state index in [0.717, 1.165) is 42.6 Å². The van der Waals surface area contributed by atoms with Crippen molar-refractivity contribution in [1.82, 2.24) is 0 Å². The van der Waals surface area contributed by atoms with Crippen molar-refractivity contribution in [3.63, 3.8) is 0 Å². The smallest absolute Gasteiger partial charge is 0.426 e. The van der Waals surface area contributed by atoms with Crippen molar-refractivity contribution in [2.24, 2.45) is 0 Å². The summed E-state index contributed by atoms with van der Waals surface area (Å²) in [7, 11) is 0. The zero-order chi connectivity index (χ0) is 22.8. The zero-order valence-electron chi connectivity index (χ0n) is 18.7. The van der Waals surface area contributed by atoms with E-state index in [-0.39, 0.29) is 11.3 Å². The van der Waals surface area contributed by atoms with Crippen LogP contribution in [0.25, 0.3) is 0 Å². The normalized spacial score (nSPS) is 11.2. The van der Waals surface area contributed by atoms with Gasteiger partial charge in [-0.2, -0.15) is 8.78 Å². The van der Waals surface area contributed by atoms with E-state index in [1.165, 1.54) is 24.3 Å². The Labute approximate surface area is 189 Å². The molecule has 0 unspecified atom stereocenters. The van der Waals surface area contributed by atoms with Crippen LogP contribution in [-0.2, 0) is 19.1 Å². The standard InChI is InChI=1S/C27H30F2O3/c1-3-5-19-30-24-13-9-22(10-14-24)20-31-25-17-11-23(12-18-25)27(28,29)32-26-15-7-21(6-4-2)8-16-26/h7-18H,3-6,19-20H2,1-2H3.